The Bertz CT molecular complexity index is 1690. The summed E-state index contributed by atoms with van der Waals surface area (Å²) in [6.45, 7) is 3.91. The van der Waals surface area contributed by atoms with Gasteiger partial charge in [-0.05, 0) is 92.2 Å². The molecule has 4 aromatic rings. The molecule has 8 nitrogen and oxygen atoms in total. The van der Waals surface area contributed by atoms with Crippen molar-refractivity contribution in [1.29, 1.82) is 0 Å². The van der Waals surface area contributed by atoms with Gasteiger partial charge in [0.1, 0.15) is 11.5 Å². The van der Waals surface area contributed by atoms with Crippen molar-refractivity contribution in [2.45, 2.75) is 23.6 Å². The van der Waals surface area contributed by atoms with E-state index in [0.29, 0.717) is 40.2 Å². The summed E-state index contributed by atoms with van der Waals surface area (Å²) in [5.74, 6) is 2.06. The van der Waals surface area contributed by atoms with Crippen molar-refractivity contribution in [3.05, 3.63) is 107 Å². The number of hydrogen-bond donors (Lipinski definition) is 0. The van der Waals surface area contributed by atoms with Crippen molar-refractivity contribution >= 4 is 33.0 Å². The largest absolute Gasteiger partial charge is 0.497 e. The lowest BCUT2D eigenvalue weighted by Gasteiger charge is -2.11. The highest BCUT2D eigenvalue weighted by Gasteiger charge is 2.18. The van der Waals surface area contributed by atoms with E-state index >= 15 is 0 Å². The Morgan fingerprint density at radius 1 is 0.610 bits per heavy atom. The van der Waals surface area contributed by atoms with Crippen LogP contribution >= 0.6 is 0 Å². The van der Waals surface area contributed by atoms with E-state index in [-0.39, 0.29) is 9.79 Å². The molecule has 0 N–H and O–H groups in total. The van der Waals surface area contributed by atoms with Crippen LogP contribution in [0.15, 0.2) is 105 Å². The second-order valence-corrected chi connectivity index (χ2v) is 11.1. The zero-order chi connectivity index (χ0) is 29.6. The number of sulfone groups is 1. The molecular formula is C32H32N2O6S. The van der Waals surface area contributed by atoms with Crippen LogP contribution in [0.5, 0.6) is 11.5 Å². The summed E-state index contributed by atoms with van der Waals surface area (Å²) in [6, 6.07) is 24.0. The molecule has 0 saturated heterocycles. The first kappa shape index (κ1) is 29.4. The second-order valence-electron chi connectivity index (χ2n) is 9.12. The first-order chi connectivity index (χ1) is 19.7. The summed E-state index contributed by atoms with van der Waals surface area (Å²) >= 11 is 0. The quantitative estimate of drug-likeness (QED) is 0.174. The molecule has 0 saturated carbocycles. The first-order valence-electron chi connectivity index (χ1n) is 12.7. The van der Waals surface area contributed by atoms with Crippen LogP contribution in [-0.2, 0) is 19.3 Å². The maximum absolute atomic E-state index is 13.3. The molecule has 0 bridgehead atoms. The van der Waals surface area contributed by atoms with Gasteiger partial charge in [0.25, 0.3) is 0 Å². The SMILES string of the molecule is COC(=Nc1ccc(S(=O)(=O)c2ccc(N=C(OC)c3cc(C)ccc3OC)cc2)cc1)c1cc(OC)ccc1C. The zero-order valence-electron chi connectivity index (χ0n) is 23.8. The normalized spacial score (nSPS) is 12.1. The molecule has 0 fully saturated rings. The molecule has 0 aliphatic heterocycles. The van der Waals surface area contributed by atoms with Gasteiger partial charge in [-0.1, -0.05) is 17.7 Å². The summed E-state index contributed by atoms with van der Waals surface area (Å²) in [4.78, 5) is 9.43. The van der Waals surface area contributed by atoms with E-state index < -0.39 is 9.84 Å². The Hall–Kier alpha value is -4.63. The number of ether oxygens (including phenoxy) is 4. The molecule has 0 radical (unpaired) electrons. The summed E-state index contributed by atoms with van der Waals surface area (Å²) < 4.78 is 48.5. The van der Waals surface area contributed by atoms with E-state index in [9.17, 15) is 8.42 Å². The molecule has 0 atom stereocenters. The van der Waals surface area contributed by atoms with Crippen LogP contribution in [0.1, 0.15) is 22.3 Å². The fourth-order valence-corrected chi connectivity index (χ4v) is 5.41. The highest BCUT2D eigenvalue weighted by atomic mass is 32.2. The smallest absolute Gasteiger partial charge is 0.224 e. The lowest BCUT2D eigenvalue weighted by Crippen LogP contribution is -2.06. The molecule has 4 rings (SSSR count). The Morgan fingerprint density at radius 2 is 1.15 bits per heavy atom. The highest BCUT2D eigenvalue weighted by Crippen LogP contribution is 2.28. The van der Waals surface area contributed by atoms with E-state index in [0.717, 1.165) is 16.7 Å². The molecule has 212 valence electrons. The molecule has 0 unspecified atom stereocenters. The number of nitrogens with zero attached hydrogens (tertiary/aromatic N) is 2. The molecule has 0 aromatic heterocycles. The third-order valence-electron chi connectivity index (χ3n) is 6.40. The summed E-state index contributed by atoms with van der Waals surface area (Å²) in [5, 5.41) is 0. The van der Waals surface area contributed by atoms with Crippen LogP contribution < -0.4 is 9.47 Å². The number of aryl methyl sites for hydroxylation is 2. The van der Waals surface area contributed by atoms with Gasteiger partial charge < -0.3 is 18.9 Å². The lowest BCUT2D eigenvalue weighted by molar-refractivity contribution is 0.390. The van der Waals surface area contributed by atoms with Gasteiger partial charge in [0, 0.05) is 5.56 Å². The average molecular weight is 573 g/mol. The van der Waals surface area contributed by atoms with Crippen LogP contribution in [0.25, 0.3) is 0 Å². The molecule has 0 aliphatic rings. The van der Waals surface area contributed by atoms with Crippen LogP contribution in [0.4, 0.5) is 11.4 Å². The Morgan fingerprint density at radius 3 is 1.63 bits per heavy atom. The van der Waals surface area contributed by atoms with E-state index in [1.807, 2.05) is 50.2 Å². The number of rotatable bonds is 8. The molecule has 4 aromatic carbocycles. The van der Waals surface area contributed by atoms with E-state index in [1.165, 1.54) is 38.5 Å². The van der Waals surface area contributed by atoms with Crippen LogP contribution in [0.2, 0.25) is 0 Å². The number of benzene rings is 4. The van der Waals surface area contributed by atoms with Crippen molar-refractivity contribution in [2.75, 3.05) is 28.4 Å². The minimum absolute atomic E-state index is 0.143. The predicted molar refractivity (Wildman–Crippen MR) is 160 cm³/mol. The molecular weight excluding hydrogens is 540 g/mol. The Kier molecular flexibility index (Phi) is 9.09. The summed E-state index contributed by atoms with van der Waals surface area (Å²) in [5.41, 5.74) is 4.56. The Balaban J connectivity index is 1.59. The standard InChI is InChI=1S/C32H32N2O6S/c1-21-7-18-30(38-4)29(19-21)32(40-6)34-24-11-16-27(17-12-24)41(35,36)26-14-9-23(10-15-26)33-31(39-5)28-20-25(37-3)13-8-22(28)2/h7-20H,1-6H3. The number of methoxy groups -OCH3 is 4. The third-order valence-corrected chi connectivity index (χ3v) is 8.19. The topological polar surface area (TPSA) is 95.8 Å². The maximum atomic E-state index is 13.3. The van der Waals surface area contributed by atoms with Gasteiger partial charge in [-0.2, -0.15) is 0 Å². The first-order valence-corrected chi connectivity index (χ1v) is 14.2. The molecule has 0 aliphatic carbocycles. The van der Waals surface area contributed by atoms with Gasteiger partial charge in [-0.25, -0.2) is 18.4 Å². The minimum atomic E-state index is -3.77. The summed E-state index contributed by atoms with van der Waals surface area (Å²) in [6.07, 6.45) is 0. The van der Waals surface area contributed by atoms with Crippen molar-refractivity contribution < 1.29 is 27.4 Å². The van der Waals surface area contributed by atoms with Gasteiger partial charge in [0.2, 0.25) is 21.6 Å². The van der Waals surface area contributed by atoms with Gasteiger partial charge in [0.05, 0.1) is 55.2 Å². The van der Waals surface area contributed by atoms with E-state index in [1.54, 1.807) is 38.5 Å². The van der Waals surface area contributed by atoms with E-state index in [2.05, 4.69) is 9.98 Å². The third kappa shape index (κ3) is 6.58. The second kappa shape index (κ2) is 12.7. The van der Waals surface area contributed by atoms with Gasteiger partial charge in [-0.15, -0.1) is 0 Å². The molecule has 9 heteroatoms. The molecule has 0 spiro atoms. The minimum Gasteiger partial charge on any atom is -0.497 e. The van der Waals surface area contributed by atoms with E-state index in [4.69, 9.17) is 18.9 Å². The lowest BCUT2D eigenvalue weighted by atomic mass is 10.1. The van der Waals surface area contributed by atoms with Crippen molar-refractivity contribution in [3.63, 3.8) is 0 Å². The fourth-order valence-electron chi connectivity index (χ4n) is 4.15. The molecule has 0 amide bonds. The fraction of sp³-hybridized carbons (Fsp3) is 0.188. The number of aliphatic imine (C=N–C) groups is 2. The van der Waals surface area contributed by atoms with Crippen molar-refractivity contribution in [2.24, 2.45) is 9.98 Å². The van der Waals surface area contributed by atoms with Crippen LogP contribution in [-0.4, -0.2) is 48.7 Å². The maximum Gasteiger partial charge on any atom is 0.224 e. The monoisotopic (exact) mass is 572 g/mol. The van der Waals surface area contributed by atoms with Crippen LogP contribution in [0, 0.1) is 13.8 Å². The molecule has 0 heterocycles. The van der Waals surface area contributed by atoms with Gasteiger partial charge in [-0.3, -0.25) is 0 Å². The number of hydrogen-bond acceptors (Lipinski definition) is 8. The molecule has 41 heavy (non-hydrogen) atoms. The average Bonchev–Trinajstić information content (AvgIpc) is 2.99. The Labute approximate surface area is 240 Å². The summed E-state index contributed by atoms with van der Waals surface area (Å²) in [7, 11) is 2.47. The van der Waals surface area contributed by atoms with Gasteiger partial charge >= 0.3 is 0 Å². The van der Waals surface area contributed by atoms with Crippen LogP contribution in [0.3, 0.4) is 0 Å². The predicted octanol–water partition coefficient (Wildman–Crippen LogP) is 6.60. The van der Waals surface area contributed by atoms with Crippen molar-refractivity contribution in [3.8, 4) is 11.5 Å². The van der Waals surface area contributed by atoms with Gasteiger partial charge in [0.15, 0.2) is 0 Å². The highest BCUT2D eigenvalue weighted by molar-refractivity contribution is 7.91. The zero-order valence-corrected chi connectivity index (χ0v) is 24.7. The van der Waals surface area contributed by atoms with Crippen molar-refractivity contribution in [1.82, 2.24) is 0 Å².